The highest BCUT2D eigenvalue weighted by Crippen LogP contribution is 2.16. The van der Waals surface area contributed by atoms with Gasteiger partial charge in [0, 0.05) is 36.2 Å². The van der Waals surface area contributed by atoms with Crippen molar-refractivity contribution in [1.82, 2.24) is 9.88 Å². The quantitative estimate of drug-likeness (QED) is 0.775. The topological polar surface area (TPSA) is 65.2 Å². The smallest absolute Gasteiger partial charge is 0.321 e. The zero-order valence-corrected chi connectivity index (χ0v) is 13.7. The molecule has 2 amide bonds. The number of carbonyl (C=O) groups is 1. The number of amides is 2. The molecule has 2 N–H and O–H groups in total. The van der Waals surface area contributed by atoms with Gasteiger partial charge in [-0.15, -0.1) is 0 Å². The van der Waals surface area contributed by atoms with E-state index >= 15 is 0 Å². The maximum atomic E-state index is 12.4. The van der Waals surface area contributed by atoms with Crippen molar-refractivity contribution in [1.29, 1.82) is 0 Å². The van der Waals surface area contributed by atoms with Gasteiger partial charge in [-0.2, -0.15) is 0 Å². The number of nitrogens with zero attached hydrogens (tertiary/aromatic N) is 1. The predicted molar refractivity (Wildman–Crippen MR) is 96.2 cm³/mol. The third-order valence-electron chi connectivity index (χ3n) is 3.89. The Morgan fingerprint density at radius 3 is 2.58 bits per heavy atom. The fourth-order valence-electron chi connectivity index (χ4n) is 2.59. The molecule has 0 radical (unpaired) electrons. The number of anilines is 1. The summed E-state index contributed by atoms with van der Waals surface area (Å²) in [5.74, 6) is 0. The zero-order valence-electron chi connectivity index (χ0n) is 13.7. The molecule has 122 valence electrons. The van der Waals surface area contributed by atoms with E-state index in [0.717, 1.165) is 27.7 Å². The standard InChI is InChI=1S/C19H19N3O2/c1-13-7-9-15(10-8-13)20-19(24)22(2)12-14-11-18(23)21-17-6-4-3-5-16(14)17/h3-11H,12H2,1-2H3,(H,20,24)(H,21,23). The van der Waals surface area contributed by atoms with Gasteiger partial charge in [0.05, 0.1) is 0 Å². The Morgan fingerprint density at radius 1 is 1.12 bits per heavy atom. The molecule has 0 aliphatic rings. The lowest BCUT2D eigenvalue weighted by atomic mass is 10.1. The molecule has 5 heteroatoms. The van der Waals surface area contributed by atoms with Gasteiger partial charge in [-0.05, 0) is 30.7 Å². The van der Waals surface area contributed by atoms with Crippen LogP contribution in [-0.2, 0) is 6.54 Å². The number of fused-ring (bicyclic) bond motifs is 1. The van der Waals surface area contributed by atoms with Gasteiger partial charge in [0.2, 0.25) is 5.56 Å². The van der Waals surface area contributed by atoms with Crippen LogP contribution in [0.1, 0.15) is 11.1 Å². The third-order valence-corrected chi connectivity index (χ3v) is 3.89. The SMILES string of the molecule is Cc1ccc(NC(=O)N(C)Cc2cc(=O)[nH]c3ccccc23)cc1. The summed E-state index contributed by atoms with van der Waals surface area (Å²) in [5, 5.41) is 3.79. The molecule has 1 aromatic heterocycles. The second-order valence-electron chi connectivity index (χ2n) is 5.86. The molecular weight excluding hydrogens is 302 g/mol. The largest absolute Gasteiger partial charge is 0.323 e. The highest BCUT2D eigenvalue weighted by atomic mass is 16.2. The van der Waals surface area contributed by atoms with Gasteiger partial charge in [-0.25, -0.2) is 4.79 Å². The number of para-hydroxylation sites is 1. The van der Waals surface area contributed by atoms with Crippen molar-refractivity contribution in [3.05, 3.63) is 76.1 Å². The van der Waals surface area contributed by atoms with E-state index in [1.807, 2.05) is 55.5 Å². The number of aryl methyl sites for hydroxylation is 1. The van der Waals surface area contributed by atoms with E-state index in [1.165, 1.54) is 6.07 Å². The molecule has 3 rings (SSSR count). The molecule has 0 fully saturated rings. The maximum absolute atomic E-state index is 12.4. The summed E-state index contributed by atoms with van der Waals surface area (Å²) >= 11 is 0. The Bertz CT molecular complexity index is 929. The molecule has 0 saturated carbocycles. The number of benzene rings is 2. The molecule has 0 aliphatic carbocycles. The number of carbonyl (C=O) groups excluding carboxylic acids is 1. The number of rotatable bonds is 3. The van der Waals surface area contributed by atoms with Gasteiger partial charge >= 0.3 is 6.03 Å². The van der Waals surface area contributed by atoms with E-state index in [0.29, 0.717) is 6.54 Å². The predicted octanol–water partition coefficient (Wildman–Crippen LogP) is 3.50. The van der Waals surface area contributed by atoms with Crippen LogP contribution in [0.4, 0.5) is 10.5 Å². The van der Waals surface area contributed by atoms with Gasteiger partial charge in [0.1, 0.15) is 0 Å². The maximum Gasteiger partial charge on any atom is 0.321 e. The summed E-state index contributed by atoms with van der Waals surface area (Å²) in [6, 6.07) is 16.5. The van der Waals surface area contributed by atoms with Crippen LogP contribution in [0, 0.1) is 6.92 Å². The molecule has 2 aromatic carbocycles. The first-order valence-corrected chi connectivity index (χ1v) is 7.72. The van der Waals surface area contributed by atoms with E-state index in [9.17, 15) is 9.59 Å². The second kappa shape index (κ2) is 6.58. The minimum atomic E-state index is -0.219. The molecular formula is C19H19N3O2. The van der Waals surface area contributed by atoms with Crippen molar-refractivity contribution >= 4 is 22.6 Å². The molecule has 5 nitrogen and oxygen atoms in total. The number of hydrogen-bond acceptors (Lipinski definition) is 2. The lowest BCUT2D eigenvalue weighted by Crippen LogP contribution is -2.31. The Kier molecular flexibility index (Phi) is 4.33. The normalized spacial score (nSPS) is 10.6. The third kappa shape index (κ3) is 3.46. The van der Waals surface area contributed by atoms with Crippen LogP contribution in [0.3, 0.4) is 0 Å². The van der Waals surface area contributed by atoms with Crippen molar-refractivity contribution in [2.45, 2.75) is 13.5 Å². The Morgan fingerprint density at radius 2 is 1.83 bits per heavy atom. The number of hydrogen-bond donors (Lipinski definition) is 2. The summed E-state index contributed by atoms with van der Waals surface area (Å²) in [4.78, 5) is 28.5. The van der Waals surface area contributed by atoms with Gasteiger partial charge in [0.25, 0.3) is 0 Å². The molecule has 3 aromatic rings. The summed E-state index contributed by atoms with van der Waals surface area (Å²) < 4.78 is 0. The van der Waals surface area contributed by atoms with Gasteiger partial charge in [-0.3, -0.25) is 4.79 Å². The van der Waals surface area contributed by atoms with Crippen molar-refractivity contribution in [2.24, 2.45) is 0 Å². The average molecular weight is 321 g/mol. The van der Waals surface area contributed by atoms with Crippen molar-refractivity contribution < 1.29 is 4.79 Å². The van der Waals surface area contributed by atoms with Gasteiger partial charge in [0.15, 0.2) is 0 Å². The first-order valence-electron chi connectivity index (χ1n) is 7.72. The molecule has 1 heterocycles. The number of H-pyrrole nitrogens is 1. The highest BCUT2D eigenvalue weighted by molar-refractivity contribution is 5.89. The summed E-state index contributed by atoms with van der Waals surface area (Å²) in [7, 11) is 1.71. The first kappa shape index (κ1) is 15.8. The van der Waals surface area contributed by atoms with E-state index in [-0.39, 0.29) is 11.6 Å². The lowest BCUT2D eigenvalue weighted by molar-refractivity contribution is 0.221. The Balaban J connectivity index is 1.79. The number of urea groups is 1. The van der Waals surface area contributed by atoms with Crippen LogP contribution >= 0.6 is 0 Å². The minimum Gasteiger partial charge on any atom is -0.323 e. The fourth-order valence-corrected chi connectivity index (χ4v) is 2.59. The van der Waals surface area contributed by atoms with Gasteiger partial charge in [-0.1, -0.05) is 35.9 Å². The average Bonchev–Trinajstić information content (AvgIpc) is 2.56. The summed E-state index contributed by atoms with van der Waals surface area (Å²) in [5.41, 5.74) is 3.30. The lowest BCUT2D eigenvalue weighted by Gasteiger charge is -2.19. The van der Waals surface area contributed by atoms with Crippen LogP contribution in [0.5, 0.6) is 0 Å². The Labute approximate surface area is 139 Å². The second-order valence-corrected chi connectivity index (χ2v) is 5.86. The molecule has 0 saturated heterocycles. The number of aromatic nitrogens is 1. The number of aromatic amines is 1. The minimum absolute atomic E-state index is 0.170. The van der Waals surface area contributed by atoms with Gasteiger partial charge < -0.3 is 15.2 Å². The Hall–Kier alpha value is -3.08. The highest BCUT2D eigenvalue weighted by Gasteiger charge is 2.12. The summed E-state index contributed by atoms with van der Waals surface area (Å²) in [6.45, 7) is 2.35. The van der Waals surface area contributed by atoms with Crippen LogP contribution in [-0.4, -0.2) is 23.0 Å². The number of nitrogens with one attached hydrogen (secondary N) is 2. The van der Waals surface area contributed by atoms with E-state index in [1.54, 1.807) is 11.9 Å². The molecule has 0 spiro atoms. The first-order chi connectivity index (χ1) is 11.5. The van der Waals surface area contributed by atoms with E-state index < -0.39 is 0 Å². The molecule has 0 aliphatic heterocycles. The fraction of sp³-hybridized carbons (Fsp3) is 0.158. The summed E-state index contributed by atoms with van der Waals surface area (Å²) in [6.07, 6.45) is 0. The van der Waals surface area contributed by atoms with Crippen LogP contribution < -0.4 is 10.9 Å². The van der Waals surface area contributed by atoms with Crippen LogP contribution in [0.25, 0.3) is 10.9 Å². The molecule has 0 unspecified atom stereocenters. The van der Waals surface area contributed by atoms with Crippen LogP contribution in [0.2, 0.25) is 0 Å². The van der Waals surface area contributed by atoms with Crippen molar-refractivity contribution in [2.75, 3.05) is 12.4 Å². The monoisotopic (exact) mass is 321 g/mol. The molecule has 0 bridgehead atoms. The van der Waals surface area contributed by atoms with Crippen molar-refractivity contribution in [3.8, 4) is 0 Å². The van der Waals surface area contributed by atoms with E-state index in [4.69, 9.17) is 0 Å². The van der Waals surface area contributed by atoms with Crippen LogP contribution in [0.15, 0.2) is 59.4 Å². The van der Waals surface area contributed by atoms with Crippen molar-refractivity contribution in [3.63, 3.8) is 0 Å². The van der Waals surface area contributed by atoms with E-state index in [2.05, 4.69) is 10.3 Å². The molecule has 24 heavy (non-hydrogen) atoms. The molecule has 0 atom stereocenters. The zero-order chi connectivity index (χ0) is 17.1. The number of pyridine rings is 1.